The molecule has 0 bridgehead atoms. The lowest BCUT2D eigenvalue weighted by molar-refractivity contribution is -0.292. The molecule has 3 heteroatoms. The molecule has 0 unspecified atom stereocenters. The van der Waals surface area contributed by atoms with Crippen molar-refractivity contribution in [1.29, 1.82) is 0 Å². The average molecular weight is 351 g/mol. The van der Waals surface area contributed by atoms with Gasteiger partial charge in [-0.1, -0.05) is 20.8 Å². The van der Waals surface area contributed by atoms with Crippen LogP contribution in [0.5, 0.6) is 0 Å². The molecule has 0 radical (unpaired) electrons. The Balaban J connectivity index is 1.68. The summed E-state index contributed by atoms with van der Waals surface area (Å²) >= 11 is 0. The fraction of sp³-hybridized carbons (Fsp3) is 1.00. The predicted octanol–water partition coefficient (Wildman–Crippen LogP) is 4.91. The van der Waals surface area contributed by atoms with Crippen LogP contribution in [0.1, 0.15) is 85.0 Å². The molecule has 0 aliphatic heterocycles. The third-order valence-electron chi connectivity index (χ3n) is 10.1. The zero-order chi connectivity index (χ0) is 18.1. The Kier molecular flexibility index (Phi) is 3.98. The molecule has 4 fully saturated rings. The van der Waals surface area contributed by atoms with E-state index in [0.717, 1.165) is 25.7 Å². The van der Waals surface area contributed by atoms with Crippen LogP contribution in [0.2, 0.25) is 0 Å². The molecular weight excluding hydrogens is 312 g/mol. The van der Waals surface area contributed by atoms with E-state index in [4.69, 9.17) is 9.47 Å². The molecule has 6 atom stereocenters. The highest BCUT2D eigenvalue weighted by Crippen LogP contribution is 2.71. The van der Waals surface area contributed by atoms with Gasteiger partial charge in [-0.25, -0.2) is 0 Å². The first-order chi connectivity index (χ1) is 11.7. The van der Waals surface area contributed by atoms with Crippen LogP contribution >= 0.6 is 0 Å². The van der Waals surface area contributed by atoms with Crippen LogP contribution in [0.4, 0.5) is 0 Å². The largest absolute Gasteiger partial charge is 0.389 e. The van der Waals surface area contributed by atoms with Gasteiger partial charge in [0.1, 0.15) is 0 Å². The molecule has 144 valence electrons. The van der Waals surface area contributed by atoms with Crippen LogP contribution in [0.15, 0.2) is 0 Å². The fourth-order valence-corrected chi connectivity index (χ4v) is 8.00. The van der Waals surface area contributed by atoms with Gasteiger partial charge in [0.25, 0.3) is 0 Å². The monoisotopic (exact) mass is 350 g/mol. The highest BCUT2D eigenvalue weighted by Gasteiger charge is 2.68. The van der Waals surface area contributed by atoms with Gasteiger partial charge in [-0.2, -0.15) is 0 Å². The lowest BCUT2D eigenvalue weighted by Crippen LogP contribution is -2.65. The molecule has 1 N–H and O–H groups in total. The topological polar surface area (TPSA) is 38.7 Å². The minimum absolute atomic E-state index is 0.162. The summed E-state index contributed by atoms with van der Waals surface area (Å²) in [6.07, 6.45) is 11.4. The van der Waals surface area contributed by atoms with Crippen molar-refractivity contribution < 1.29 is 14.6 Å². The third-order valence-corrected chi connectivity index (χ3v) is 10.1. The van der Waals surface area contributed by atoms with Crippen molar-refractivity contribution in [2.75, 3.05) is 14.2 Å². The first-order valence-electron chi connectivity index (χ1n) is 10.5. The average Bonchev–Trinajstić information content (AvgIpc) is 2.90. The molecule has 0 amide bonds. The zero-order valence-electron chi connectivity index (χ0n) is 17.0. The Hall–Kier alpha value is -0.120. The van der Waals surface area contributed by atoms with Gasteiger partial charge in [-0.05, 0) is 79.4 Å². The second-order valence-corrected chi connectivity index (χ2v) is 10.6. The van der Waals surface area contributed by atoms with E-state index in [-0.39, 0.29) is 16.2 Å². The van der Waals surface area contributed by atoms with Gasteiger partial charge in [-0.3, -0.25) is 0 Å². The molecule has 4 aliphatic carbocycles. The minimum atomic E-state index is -0.419. The van der Waals surface area contributed by atoms with Crippen LogP contribution in [0.3, 0.4) is 0 Å². The number of rotatable bonds is 2. The quantitative estimate of drug-likeness (QED) is 0.719. The molecule has 0 aromatic rings. The lowest BCUT2D eigenvalue weighted by atomic mass is 9.39. The molecule has 3 nitrogen and oxygen atoms in total. The number of hydrogen-bond donors (Lipinski definition) is 1. The maximum atomic E-state index is 11.8. The van der Waals surface area contributed by atoms with Gasteiger partial charge >= 0.3 is 0 Å². The third kappa shape index (κ3) is 2.15. The summed E-state index contributed by atoms with van der Waals surface area (Å²) in [7, 11) is 3.60. The number of ether oxygens (including phenoxy) is 2. The molecule has 25 heavy (non-hydrogen) atoms. The summed E-state index contributed by atoms with van der Waals surface area (Å²) < 4.78 is 11.7. The smallest absolute Gasteiger partial charge is 0.168 e. The highest BCUT2D eigenvalue weighted by atomic mass is 16.7. The second kappa shape index (κ2) is 5.45. The van der Waals surface area contributed by atoms with E-state index in [1.165, 1.54) is 38.5 Å². The molecule has 4 aliphatic rings. The Morgan fingerprint density at radius 2 is 1.40 bits per heavy atom. The van der Waals surface area contributed by atoms with Crippen LogP contribution < -0.4 is 0 Å². The summed E-state index contributed by atoms with van der Waals surface area (Å²) in [6.45, 7) is 7.37. The van der Waals surface area contributed by atoms with Crippen molar-refractivity contribution in [2.45, 2.75) is 96.4 Å². The number of aliphatic hydroxyl groups is 1. The fourth-order valence-electron chi connectivity index (χ4n) is 8.00. The van der Waals surface area contributed by atoms with Crippen molar-refractivity contribution in [2.24, 2.45) is 28.1 Å². The second-order valence-electron chi connectivity index (χ2n) is 10.6. The van der Waals surface area contributed by atoms with E-state index in [1.54, 1.807) is 14.2 Å². The first kappa shape index (κ1) is 18.3. The van der Waals surface area contributed by atoms with Gasteiger partial charge < -0.3 is 14.6 Å². The van der Waals surface area contributed by atoms with Crippen molar-refractivity contribution in [1.82, 2.24) is 0 Å². The Morgan fingerprint density at radius 3 is 2.08 bits per heavy atom. The van der Waals surface area contributed by atoms with Gasteiger partial charge in [-0.15, -0.1) is 0 Å². The van der Waals surface area contributed by atoms with E-state index in [9.17, 15) is 5.11 Å². The normalized spacial score (nSPS) is 54.5. The van der Waals surface area contributed by atoms with Crippen molar-refractivity contribution in [3.63, 3.8) is 0 Å². The van der Waals surface area contributed by atoms with Gasteiger partial charge in [0.15, 0.2) is 5.79 Å². The summed E-state index contributed by atoms with van der Waals surface area (Å²) in [4.78, 5) is 0. The molecule has 0 spiro atoms. The number of hydrogen-bond acceptors (Lipinski definition) is 3. The van der Waals surface area contributed by atoms with E-state index in [1.807, 2.05) is 0 Å². The lowest BCUT2D eigenvalue weighted by Gasteiger charge is -2.67. The predicted molar refractivity (Wildman–Crippen MR) is 99.2 cm³/mol. The molecule has 0 saturated heterocycles. The van der Waals surface area contributed by atoms with Crippen LogP contribution in [0.25, 0.3) is 0 Å². The molecule has 0 heterocycles. The van der Waals surface area contributed by atoms with E-state index >= 15 is 0 Å². The van der Waals surface area contributed by atoms with E-state index < -0.39 is 11.4 Å². The maximum absolute atomic E-state index is 11.8. The van der Waals surface area contributed by atoms with Gasteiger partial charge in [0.2, 0.25) is 0 Å². The highest BCUT2D eigenvalue weighted by molar-refractivity contribution is 5.17. The summed E-state index contributed by atoms with van der Waals surface area (Å²) in [5.74, 6) is 0.729. The maximum Gasteiger partial charge on any atom is 0.168 e. The number of fused-ring (bicyclic) bond motifs is 5. The molecule has 0 aromatic carbocycles. The summed E-state index contributed by atoms with van der Waals surface area (Å²) in [5, 5.41) is 11.8. The van der Waals surface area contributed by atoms with Crippen LogP contribution in [0, 0.1) is 28.1 Å². The molecule has 0 aromatic heterocycles. The van der Waals surface area contributed by atoms with Gasteiger partial charge in [0.05, 0.1) is 5.60 Å². The van der Waals surface area contributed by atoms with Crippen molar-refractivity contribution in [3.05, 3.63) is 0 Å². The van der Waals surface area contributed by atoms with E-state index in [0.29, 0.717) is 11.8 Å². The zero-order valence-corrected chi connectivity index (χ0v) is 17.0. The van der Waals surface area contributed by atoms with Crippen molar-refractivity contribution in [3.8, 4) is 0 Å². The van der Waals surface area contributed by atoms with Gasteiger partial charge in [0, 0.05) is 27.1 Å². The van der Waals surface area contributed by atoms with Crippen molar-refractivity contribution >= 4 is 0 Å². The van der Waals surface area contributed by atoms with Crippen LogP contribution in [-0.4, -0.2) is 30.7 Å². The summed E-state index contributed by atoms with van der Waals surface area (Å²) in [6, 6.07) is 0. The number of methoxy groups -OCH3 is 2. The summed E-state index contributed by atoms with van der Waals surface area (Å²) in [5.41, 5.74) is 0.268. The Labute approximate surface area is 153 Å². The SMILES string of the molecule is COC1(OC)CC[C@]2(C)[C@@H]3CC[C@]4(C)CCC[C@@]4(O)[C@H]3CC[C@@]2(C)C1. The molecule has 4 saturated carbocycles. The molecule has 4 rings (SSSR count). The molecular formula is C22H38O3. The Bertz CT molecular complexity index is 543. The minimum Gasteiger partial charge on any atom is -0.389 e. The standard InChI is InChI=1S/C22H38O3/c1-18-9-6-10-22(18,23)17-8-12-19(2)15-21(24-4,25-5)14-13-20(19,3)16(17)7-11-18/h16-17,23H,6-15H2,1-5H3/t16-,17+,18+,19+,20-,22-/m1/s1. The van der Waals surface area contributed by atoms with E-state index in [2.05, 4.69) is 20.8 Å². The Morgan fingerprint density at radius 1 is 0.760 bits per heavy atom. The first-order valence-corrected chi connectivity index (χ1v) is 10.5. The van der Waals surface area contributed by atoms with Crippen LogP contribution in [-0.2, 0) is 9.47 Å².